The Morgan fingerprint density at radius 1 is 1.08 bits per heavy atom. The van der Waals surface area contributed by atoms with Crippen LogP contribution in [-0.2, 0) is 20.2 Å². The molecule has 1 aliphatic rings. The molecule has 0 spiro atoms. The molecule has 7 heteroatoms. The summed E-state index contributed by atoms with van der Waals surface area (Å²) < 4.78 is 8.09. The Bertz CT molecular complexity index is 1140. The monoisotopic (exact) mass is 489 g/mol. The Balaban J connectivity index is 1.28. The number of amides is 1. The molecule has 1 saturated carbocycles. The SMILES string of the molecule is CC(C)c1cccc(OCc2nnc(C3CCC(NC(=O)c4ccc(CN(C)C)cc4)CC3)n2C)c1. The number of carbonyl (C=O) groups excluding carboxylic acids is 1. The van der Waals surface area contributed by atoms with E-state index in [0.29, 0.717) is 18.4 Å². The smallest absolute Gasteiger partial charge is 0.251 e. The van der Waals surface area contributed by atoms with Gasteiger partial charge in [-0.3, -0.25) is 4.79 Å². The Morgan fingerprint density at radius 2 is 1.81 bits per heavy atom. The molecule has 1 heterocycles. The van der Waals surface area contributed by atoms with Crippen molar-refractivity contribution in [2.45, 2.75) is 70.6 Å². The molecule has 1 N–H and O–H groups in total. The van der Waals surface area contributed by atoms with Crippen LogP contribution in [0.5, 0.6) is 5.75 Å². The van der Waals surface area contributed by atoms with E-state index in [2.05, 4.69) is 51.0 Å². The zero-order valence-electron chi connectivity index (χ0n) is 22.2. The second kappa shape index (κ2) is 11.7. The maximum Gasteiger partial charge on any atom is 0.251 e. The van der Waals surface area contributed by atoms with Crippen LogP contribution in [0.4, 0.5) is 0 Å². The number of ether oxygens (including phenoxy) is 1. The van der Waals surface area contributed by atoms with E-state index < -0.39 is 0 Å². The maximum absolute atomic E-state index is 12.7. The average molecular weight is 490 g/mol. The minimum absolute atomic E-state index is 0.00878. The summed E-state index contributed by atoms with van der Waals surface area (Å²) >= 11 is 0. The summed E-state index contributed by atoms with van der Waals surface area (Å²) in [5.74, 6) is 3.50. The zero-order valence-corrected chi connectivity index (χ0v) is 22.2. The first-order valence-electron chi connectivity index (χ1n) is 13.0. The van der Waals surface area contributed by atoms with Crippen LogP contribution in [0, 0.1) is 0 Å². The predicted molar refractivity (Wildman–Crippen MR) is 142 cm³/mol. The summed E-state index contributed by atoms with van der Waals surface area (Å²) in [6.45, 7) is 5.62. The Labute approximate surface area is 214 Å². The van der Waals surface area contributed by atoms with Crippen LogP contribution in [0.3, 0.4) is 0 Å². The minimum Gasteiger partial charge on any atom is -0.486 e. The van der Waals surface area contributed by atoms with Crippen LogP contribution in [0.15, 0.2) is 48.5 Å². The molecule has 0 atom stereocenters. The van der Waals surface area contributed by atoms with E-state index >= 15 is 0 Å². The molecule has 1 amide bonds. The maximum atomic E-state index is 12.7. The Hall–Kier alpha value is -3.19. The Kier molecular flexibility index (Phi) is 8.41. The van der Waals surface area contributed by atoms with Gasteiger partial charge in [-0.1, -0.05) is 38.1 Å². The lowest BCUT2D eigenvalue weighted by Gasteiger charge is -2.28. The zero-order chi connectivity index (χ0) is 25.7. The van der Waals surface area contributed by atoms with Crippen molar-refractivity contribution in [1.82, 2.24) is 25.0 Å². The van der Waals surface area contributed by atoms with Crippen molar-refractivity contribution in [2.75, 3.05) is 14.1 Å². The van der Waals surface area contributed by atoms with E-state index in [4.69, 9.17) is 4.74 Å². The number of rotatable bonds is 9. The highest BCUT2D eigenvalue weighted by atomic mass is 16.5. The van der Waals surface area contributed by atoms with Gasteiger partial charge in [0.15, 0.2) is 5.82 Å². The first-order chi connectivity index (χ1) is 17.3. The molecule has 0 bridgehead atoms. The summed E-state index contributed by atoms with van der Waals surface area (Å²) in [7, 11) is 6.10. The van der Waals surface area contributed by atoms with Crippen molar-refractivity contribution in [1.29, 1.82) is 0 Å². The van der Waals surface area contributed by atoms with Crippen molar-refractivity contribution in [3.05, 3.63) is 76.9 Å². The molecule has 1 fully saturated rings. The number of nitrogens with zero attached hydrogens (tertiary/aromatic N) is 4. The first kappa shape index (κ1) is 25.9. The van der Waals surface area contributed by atoms with Gasteiger partial charge in [-0.2, -0.15) is 0 Å². The van der Waals surface area contributed by atoms with Crippen LogP contribution in [0.1, 0.15) is 84.5 Å². The molecule has 0 radical (unpaired) electrons. The first-order valence-corrected chi connectivity index (χ1v) is 13.0. The fraction of sp³-hybridized carbons (Fsp3) is 0.483. The standard InChI is InChI=1S/C29H39N5O2/c1-20(2)24-7-6-8-26(17-24)36-19-27-31-32-28(34(27)5)22-13-15-25(16-14-22)30-29(35)23-11-9-21(10-12-23)18-33(3)4/h6-12,17,20,22,25H,13-16,18-19H2,1-5H3,(H,30,35). The molecule has 2 aromatic carbocycles. The van der Waals surface area contributed by atoms with Gasteiger partial charge in [-0.15, -0.1) is 10.2 Å². The highest BCUT2D eigenvalue weighted by molar-refractivity contribution is 5.94. The minimum atomic E-state index is 0.00878. The molecule has 1 aliphatic carbocycles. The van der Waals surface area contributed by atoms with Gasteiger partial charge in [0.05, 0.1) is 0 Å². The molecule has 192 valence electrons. The fourth-order valence-electron chi connectivity index (χ4n) is 4.86. The van der Waals surface area contributed by atoms with E-state index in [1.54, 1.807) is 0 Å². The number of nitrogens with one attached hydrogen (secondary N) is 1. The van der Waals surface area contributed by atoms with Gasteiger partial charge in [0.25, 0.3) is 5.91 Å². The third kappa shape index (κ3) is 6.52. The fourth-order valence-corrected chi connectivity index (χ4v) is 4.86. The van der Waals surface area contributed by atoms with Crippen LogP contribution in [0.25, 0.3) is 0 Å². The molecule has 0 aliphatic heterocycles. The topological polar surface area (TPSA) is 72.3 Å². The lowest BCUT2D eigenvalue weighted by molar-refractivity contribution is 0.0925. The molecule has 4 rings (SSSR count). The number of carbonyl (C=O) groups is 1. The summed E-state index contributed by atoms with van der Waals surface area (Å²) in [5, 5.41) is 12.1. The lowest BCUT2D eigenvalue weighted by Crippen LogP contribution is -2.37. The molecule has 0 saturated heterocycles. The number of hydrogen-bond donors (Lipinski definition) is 1. The van der Waals surface area contributed by atoms with Crippen molar-refractivity contribution in [3.63, 3.8) is 0 Å². The highest BCUT2D eigenvalue weighted by Crippen LogP contribution is 2.32. The third-order valence-electron chi connectivity index (χ3n) is 7.03. The molecule has 36 heavy (non-hydrogen) atoms. The molecular weight excluding hydrogens is 450 g/mol. The van der Waals surface area contributed by atoms with Crippen molar-refractivity contribution in [3.8, 4) is 5.75 Å². The van der Waals surface area contributed by atoms with E-state index in [9.17, 15) is 4.79 Å². The normalized spacial score (nSPS) is 18.0. The molecule has 7 nitrogen and oxygen atoms in total. The predicted octanol–water partition coefficient (Wildman–Crippen LogP) is 5.04. The molecular formula is C29H39N5O2. The molecule has 3 aromatic rings. The quantitative estimate of drug-likeness (QED) is 0.456. The highest BCUT2D eigenvalue weighted by Gasteiger charge is 2.27. The van der Waals surface area contributed by atoms with E-state index in [1.165, 1.54) is 11.1 Å². The number of aromatic nitrogens is 3. The van der Waals surface area contributed by atoms with Crippen LogP contribution in [0.2, 0.25) is 0 Å². The van der Waals surface area contributed by atoms with Crippen molar-refractivity contribution in [2.24, 2.45) is 7.05 Å². The molecule has 1 aromatic heterocycles. The van der Waals surface area contributed by atoms with Crippen molar-refractivity contribution >= 4 is 5.91 Å². The van der Waals surface area contributed by atoms with Gasteiger partial charge in [0, 0.05) is 31.1 Å². The number of hydrogen-bond acceptors (Lipinski definition) is 5. The summed E-state index contributed by atoms with van der Waals surface area (Å²) in [5.41, 5.74) is 3.18. The second-order valence-electron chi connectivity index (χ2n) is 10.5. The Morgan fingerprint density at radius 3 is 2.47 bits per heavy atom. The number of benzene rings is 2. The van der Waals surface area contributed by atoms with Gasteiger partial charge in [-0.25, -0.2) is 0 Å². The van der Waals surface area contributed by atoms with Crippen LogP contribution >= 0.6 is 0 Å². The van der Waals surface area contributed by atoms with Gasteiger partial charge < -0.3 is 19.5 Å². The molecule has 0 unspecified atom stereocenters. The van der Waals surface area contributed by atoms with Crippen LogP contribution < -0.4 is 10.1 Å². The van der Waals surface area contributed by atoms with E-state index in [-0.39, 0.29) is 11.9 Å². The summed E-state index contributed by atoms with van der Waals surface area (Å²) in [6.07, 6.45) is 3.84. The van der Waals surface area contributed by atoms with E-state index in [1.807, 2.05) is 57.5 Å². The summed E-state index contributed by atoms with van der Waals surface area (Å²) in [4.78, 5) is 14.9. The van der Waals surface area contributed by atoms with Gasteiger partial charge in [0.1, 0.15) is 18.2 Å². The second-order valence-corrected chi connectivity index (χ2v) is 10.5. The van der Waals surface area contributed by atoms with Crippen molar-refractivity contribution < 1.29 is 9.53 Å². The lowest BCUT2D eigenvalue weighted by atomic mass is 9.85. The average Bonchev–Trinajstić information content (AvgIpc) is 3.23. The van der Waals surface area contributed by atoms with Crippen LogP contribution in [-0.4, -0.2) is 45.7 Å². The summed E-state index contributed by atoms with van der Waals surface area (Å²) in [6, 6.07) is 16.3. The van der Waals surface area contributed by atoms with Gasteiger partial charge in [-0.05, 0) is 81.1 Å². The van der Waals surface area contributed by atoms with Gasteiger partial charge >= 0.3 is 0 Å². The van der Waals surface area contributed by atoms with E-state index in [0.717, 1.165) is 55.2 Å². The largest absolute Gasteiger partial charge is 0.486 e. The van der Waals surface area contributed by atoms with Gasteiger partial charge in [0.2, 0.25) is 0 Å². The third-order valence-corrected chi connectivity index (χ3v) is 7.03.